The van der Waals surface area contributed by atoms with Crippen LogP contribution in [-0.4, -0.2) is 105 Å². The molecule has 2 aliphatic heterocycles. The summed E-state index contributed by atoms with van der Waals surface area (Å²) in [5.74, 6) is -0.986. The van der Waals surface area contributed by atoms with E-state index in [1.807, 2.05) is 0 Å². The summed E-state index contributed by atoms with van der Waals surface area (Å²) in [5, 5.41) is 54.6. The van der Waals surface area contributed by atoms with E-state index < -0.39 is 70.3 Å². The highest BCUT2D eigenvalue weighted by atomic mass is 16.7. The predicted molar refractivity (Wildman–Crippen MR) is 114 cm³/mol. The number of rotatable bonds is 5. The Labute approximate surface area is 194 Å². The van der Waals surface area contributed by atoms with E-state index in [0.29, 0.717) is 0 Å². The molecule has 9 unspecified atom stereocenters. The van der Waals surface area contributed by atoms with E-state index in [9.17, 15) is 30.3 Å². The van der Waals surface area contributed by atoms with Gasteiger partial charge < -0.3 is 49.2 Å². The van der Waals surface area contributed by atoms with Crippen molar-refractivity contribution in [2.75, 3.05) is 20.8 Å². The number of hydrogen-bond acceptors (Lipinski definition) is 11. The lowest BCUT2D eigenvalue weighted by atomic mass is 9.62. The van der Waals surface area contributed by atoms with E-state index in [-0.39, 0.29) is 0 Å². The Kier molecular flexibility index (Phi) is 6.93. The van der Waals surface area contributed by atoms with Crippen LogP contribution in [0, 0.1) is 5.41 Å². The van der Waals surface area contributed by atoms with Gasteiger partial charge in [-0.3, -0.25) is 0 Å². The minimum Gasteiger partial charge on any atom is -0.467 e. The van der Waals surface area contributed by atoms with Gasteiger partial charge in [0.2, 0.25) is 0 Å². The fourth-order valence-corrected chi connectivity index (χ4v) is 4.91. The minimum atomic E-state index is -2.32. The maximum absolute atomic E-state index is 12.9. The third-order valence-electron chi connectivity index (χ3n) is 8.46. The molecule has 2 heterocycles. The van der Waals surface area contributed by atoms with Gasteiger partial charge in [0.15, 0.2) is 18.2 Å². The average molecular weight is 481 g/mol. The first-order chi connectivity index (χ1) is 14.7. The molecule has 0 amide bonds. The summed E-state index contributed by atoms with van der Waals surface area (Å²) < 4.78 is 28.3. The number of carbonyl (C=O) groups excluding carboxylic acids is 1. The lowest BCUT2D eigenvalue weighted by Gasteiger charge is -2.65. The molecule has 0 aromatic carbocycles. The van der Waals surface area contributed by atoms with Gasteiger partial charge in [0, 0.05) is 12.5 Å². The molecule has 5 N–H and O–H groups in total. The number of hydrogen-bond donors (Lipinski definition) is 5. The quantitative estimate of drug-likeness (QED) is 0.320. The zero-order valence-corrected chi connectivity index (χ0v) is 21.1. The summed E-state index contributed by atoms with van der Waals surface area (Å²) in [7, 11) is 2.48. The van der Waals surface area contributed by atoms with Crippen molar-refractivity contribution >= 4 is 5.97 Å². The van der Waals surface area contributed by atoms with Crippen LogP contribution in [0.4, 0.5) is 0 Å². The second-order valence-electron chi connectivity index (χ2n) is 10.8. The number of aliphatic hydroxyl groups is 5. The number of aliphatic hydroxyl groups excluding tert-OH is 2. The van der Waals surface area contributed by atoms with Crippen LogP contribution in [0.1, 0.15) is 55.4 Å². The van der Waals surface area contributed by atoms with Crippen LogP contribution in [0.25, 0.3) is 0 Å². The molecule has 11 heteroatoms. The van der Waals surface area contributed by atoms with Crippen LogP contribution in [0.5, 0.6) is 0 Å². The predicted octanol–water partition coefficient (Wildman–Crippen LogP) is -0.556. The van der Waals surface area contributed by atoms with Gasteiger partial charge in [0.25, 0.3) is 0 Å². The Balaban J connectivity index is 2.72. The molecule has 0 spiro atoms. The minimum absolute atomic E-state index is 0.550. The Morgan fingerprint density at radius 1 is 0.909 bits per heavy atom. The normalized spacial score (nSPS) is 52.4. The largest absolute Gasteiger partial charge is 0.467 e. The standard InChI is InChI=1S/C22H40O11/c1-16(2)15(32-17(3,11-23)12(29-9)18(16,4)26)33-22(8)20(6,14(25)30-10)31-13(24)19(5,27)21(22,7)28/h12-13,15,23-24,26-28H,11H2,1-10H3. The van der Waals surface area contributed by atoms with Gasteiger partial charge in [-0.25, -0.2) is 4.79 Å². The highest BCUT2D eigenvalue weighted by Crippen LogP contribution is 2.56. The second-order valence-corrected chi connectivity index (χ2v) is 10.8. The number of ether oxygens (including phenoxy) is 5. The lowest BCUT2D eigenvalue weighted by Crippen LogP contribution is -2.84. The van der Waals surface area contributed by atoms with E-state index >= 15 is 0 Å². The van der Waals surface area contributed by atoms with Crippen molar-refractivity contribution in [3.63, 3.8) is 0 Å². The number of methoxy groups -OCH3 is 2. The Bertz CT molecular complexity index is 763. The molecule has 2 saturated heterocycles. The van der Waals surface area contributed by atoms with Crippen LogP contribution >= 0.6 is 0 Å². The molecule has 0 radical (unpaired) electrons. The van der Waals surface area contributed by atoms with Crippen molar-refractivity contribution in [1.29, 1.82) is 0 Å². The van der Waals surface area contributed by atoms with E-state index in [0.717, 1.165) is 14.0 Å². The van der Waals surface area contributed by atoms with Crippen molar-refractivity contribution in [2.24, 2.45) is 5.41 Å². The van der Waals surface area contributed by atoms with Crippen molar-refractivity contribution < 1.29 is 54.0 Å². The van der Waals surface area contributed by atoms with Gasteiger partial charge in [-0.2, -0.15) is 0 Å². The van der Waals surface area contributed by atoms with Crippen molar-refractivity contribution in [3.8, 4) is 0 Å². The molecule has 0 bridgehead atoms. The van der Waals surface area contributed by atoms with Crippen LogP contribution in [0.2, 0.25) is 0 Å². The van der Waals surface area contributed by atoms with E-state index in [1.165, 1.54) is 41.7 Å². The molecule has 33 heavy (non-hydrogen) atoms. The molecule has 2 aliphatic rings. The van der Waals surface area contributed by atoms with Crippen LogP contribution in [0.3, 0.4) is 0 Å². The number of carbonyl (C=O) groups is 1. The molecule has 0 aromatic heterocycles. The molecule has 2 rings (SSSR count). The van der Waals surface area contributed by atoms with E-state index in [2.05, 4.69) is 0 Å². The molecule has 9 atom stereocenters. The summed E-state index contributed by atoms with van der Waals surface area (Å²) in [6.45, 7) is 10.6. The van der Waals surface area contributed by atoms with Gasteiger partial charge in [-0.1, -0.05) is 13.8 Å². The first kappa shape index (κ1) is 28.3. The Morgan fingerprint density at radius 2 is 1.42 bits per heavy atom. The van der Waals surface area contributed by atoms with Gasteiger partial charge in [-0.15, -0.1) is 0 Å². The molecule has 2 fully saturated rings. The van der Waals surface area contributed by atoms with Crippen LogP contribution < -0.4 is 0 Å². The summed E-state index contributed by atoms with van der Waals surface area (Å²) >= 11 is 0. The molecular weight excluding hydrogens is 440 g/mol. The lowest BCUT2D eigenvalue weighted by molar-refractivity contribution is -0.453. The third kappa shape index (κ3) is 3.47. The first-order valence-electron chi connectivity index (χ1n) is 10.8. The average Bonchev–Trinajstić information content (AvgIpc) is 2.70. The van der Waals surface area contributed by atoms with Crippen LogP contribution in [-0.2, 0) is 28.5 Å². The van der Waals surface area contributed by atoms with Crippen molar-refractivity contribution in [3.05, 3.63) is 0 Å². The molecule has 194 valence electrons. The molecule has 11 nitrogen and oxygen atoms in total. The summed E-state index contributed by atoms with van der Waals surface area (Å²) in [6, 6.07) is 0. The zero-order chi connectivity index (χ0) is 26.1. The van der Waals surface area contributed by atoms with E-state index in [1.54, 1.807) is 13.8 Å². The fraction of sp³-hybridized carbons (Fsp3) is 0.955. The molecule has 0 aromatic rings. The van der Waals surface area contributed by atoms with Gasteiger partial charge in [0.05, 0.1) is 13.7 Å². The summed E-state index contributed by atoms with van der Waals surface area (Å²) in [5.41, 5.74) is -13.2. The molecule has 0 aliphatic carbocycles. The highest BCUT2D eigenvalue weighted by molar-refractivity contribution is 5.81. The third-order valence-corrected chi connectivity index (χ3v) is 8.46. The van der Waals surface area contributed by atoms with E-state index in [4.69, 9.17) is 23.7 Å². The maximum atomic E-state index is 12.9. The van der Waals surface area contributed by atoms with Gasteiger partial charge in [0.1, 0.15) is 34.1 Å². The maximum Gasteiger partial charge on any atom is 0.341 e. The molecular formula is C22H40O11. The summed E-state index contributed by atoms with van der Waals surface area (Å²) in [4.78, 5) is 12.9. The smallest absolute Gasteiger partial charge is 0.341 e. The van der Waals surface area contributed by atoms with Gasteiger partial charge >= 0.3 is 5.97 Å². The van der Waals surface area contributed by atoms with Crippen LogP contribution in [0.15, 0.2) is 0 Å². The van der Waals surface area contributed by atoms with Crippen molar-refractivity contribution in [1.82, 2.24) is 0 Å². The van der Waals surface area contributed by atoms with Crippen molar-refractivity contribution in [2.45, 2.75) is 108 Å². The zero-order valence-electron chi connectivity index (χ0n) is 21.1. The monoisotopic (exact) mass is 480 g/mol. The highest BCUT2D eigenvalue weighted by Gasteiger charge is 2.76. The second kappa shape index (κ2) is 8.07. The topological polar surface area (TPSA) is 164 Å². The Hall–Kier alpha value is -0.890. The van der Waals surface area contributed by atoms with Gasteiger partial charge in [-0.05, 0) is 41.5 Å². The first-order valence-corrected chi connectivity index (χ1v) is 10.8. The SMILES string of the molecule is COC(=O)C1(C)OC(O)C(C)(O)C(C)(O)C1(C)OC1OC(C)(CO)C(OC)C(C)(O)C1(C)C. The molecule has 0 saturated carbocycles. The number of esters is 1. The summed E-state index contributed by atoms with van der Waals surface area (Å²) in [6.07, 6.45) is -4.32. The fourth-order valence-electron chi connectivity index (χ4n) is 4.91. The Morgan fingerprint density at radius 3 is 1.85 bits per heavy atom.